The normalized spacial score (nSPS) is 12.2. The van der Waals surface area contributed by atoms with Crippen molar-refractivity contribution in [3.05, 3.63) is 62.8 Å². The Labute approximate surface area is 130 Å². The summed E-state index contributed by atoms with van der Waals surface area (Å²) >= 11 is 9.18. The molecular formula is C15H13BrClFO2. The smallest absolute Gasteiger partial charge is 0.126 e. The summed E-state index contributed by atoms with van der Waals surface area (Å²) in [6, 6.07) is 9.60. The third-order valence-electron chi connectivity index (χ3n) is 2.98. The Kier molecular flexibility index (Phi) is 5.02. The van der Waals surface area contributed by atoms with Gasteiger partial charge >= 0.3 is 0 Å². The molecule has 0 radical (unpaired) electrons. The van der Waals surface area contributed by atoms with Gasteiger partial charge in [0.2, 0.25) is 0 Å². The molecule has 20 heavy (non-hydrogen) atoms. The molecule has 2 aromatic rings. The van der Waals surface area contributed by atoms with Gasteiger partial charge in [-0.2, -0.15) is 0 Å². The highest BCUT2D eigenvalue weighted by molar-refractivity contribution is 9.10. The largest absolute Gasteiger partial charge is 0.496 e. The van der Waals surface area contributed by atoms with Crippen molar-refractivity contribution in [1.82, 2.24) is 0 Å². The molecule has 0 aromatic heterocycles. The Morgan fingerprint density at radius 2 is 2.05 bits per heavy atom. The molecule has 2 rings (SSSR count). The van der Waals surface area contributed by atoms with Gasteiger partial charge in [0.1, 0.15) is 11.6 Å². The second-order valence-corrected chi connectivity index (χ2v) is 5.69. The van der Waals surface area contributed by atoms with Crippen LogP contribution in [0.5, 0.6) is 5.75 Å². The molecule has 0 aliphatic carbocycles. The average molecular weight is 360 g/mol. The van der Waals surface area contributed by atoms with Gasteiger partial charge in [0, 0.05) is 21.5 Å². The number of rotatable bonds is 4. The topological polar surface area (TPSA) is 29.5 Å². The van der Waals surface area contributed by atoms with Crippen LogP contribution in [0.1, 0.15) is 17.2 Å². The highest BCUT2D eigenvalue weighted by atomic mass is 79.9. The quantitative estimate of drug-likeness (QED) is 0.869. The molecule has 0 saturated carbocycles. The van der Waals surface area contributed by atoms with E-state index in [0.29, 0.717) is 21.9 Å². The zero-order valence-corrected chi connectivity index (χ0v) is 13.1. The van der Waals surface area contributed by atoms with E-state index < -0.39 is 6.10 Å². The molecule has 0 aliphatic rings. The number of benzene rings is 2. The van der Waals surface area contributed by atoms with Crippen LogP contribution in [0.3, 0.4) is 0 Å². The van der Waals surface area contributed by atoms with Crippen LogP contribution in [0.4, 0.5) is 4.39 Å². The number of halogens is 3. The molecule has 0 bridgehead atoms. The van der Waals surface area contributed by atoms with E-state index in [1.54, 1.807) is 18.2 Å². The Bertz CT molecular complexity index is 619. The van der Waals surface area contributed by atoms with Gasteiger partial charge in [-0.3, -0.25) is 0 Å². The molecular weight excluding hydrogens is 347 g/mol. The standard InChI is InChI=1S/C15H13BrClFO2/c1-20-15-8-10(16)2-4-12(15)14(19)7-9-6-11(17)3-5-13(9)18/h2-6,8,14,19H,7H2,1H3. The van der Waals surface area contributed by atoms with Crippen LogP contribution in [0.2, 0.25) is 5.02 Å². The van der Waals surface area contributed by atoms with Gasteiger partial charge in [-0.15, -0.1) is 0 Å². The maximum Gasteiger partial charge on any atom is 0.126 e. The first kappa shape index (κ1) is 15.3. The Balaban J connectivity index is 2.28. The number of hydrogen-bond donors (Lipinski definition) is 1. The summed E-state index contributed by atoms with van der Waals surface area (Å²) in [6.07, 6.45) is -0.740. The maximum atomic E-state index is 13.7. The lowest BCUT2D eigenvalue weighted by atomic mass is 10.0. The van der Waals surface area contributed by atoms with E-state index in [2.05, 4.69) is 15.9 Å². The molecule has 2 nitrogen and oxygen atoms in total. The van der Waals surface area contributed by atoms with E-state index in [1.807, 2.05) is 0 Å². The Morgan fingerprint density at radius 1 is 1.30 bits per heavy atom. The first-order chi connectivity index (χ1) is 9.51. The minimum Gasteiger partial charge on any atom is -0.496 e. The van der Waals surface area contributed by atoms with Gasteiger partial charge in [-0.1, -0.05) is 33.6 Å². The van der Waals surface area contributed by atoms with Crippen LogP contribution in [-0.4, -0.2) is 12.2 Å². The fourth-order valence-corrected chi connectivity index (χ4v) is 2.51. The van der Waals surface area contributed by atoms with Crippen LogP contribution in [-0.2, 0) is 6.42 Å². The van der Waals surface area contributed by atoms with Crippen LogP contribution in [0.25, 0.3) is 0 Å². The number of aliphatic hydroxyl groups excluding tert-OH is 1. The fourth-order valence-electron chi connectivity index (χ4n) is 1.98. The second-order valence-electron chi connectivity index (χ2n) is 4.34. The van der Waals surface area contributed by atoms with Crippen molar-refractivity contribution in [2.75, 3.05) is 7.11 Å². The Morgan fingerprint density at radius 3 is 2.75 bits per heavy atom. The van der Waals surface area contributed by atoms with Gasteiger partial charge < -0.3 is 9.84 Å². The number of methoxy groups -OCH3 is 1. The van der Waals surface area contributed by atoms with Crippen LogP contribution in [0.15, 0.2) is 40.9 Å². The first-order valence-electron chi connectivity index (χ1n) is 5.96. The molecule has 106 valence electrons. The van der Waals surface area contributed by atoms with Crippen molar-refractivity contribution in [2.45, 2.75) is 12.5 Å². The summed E-state index contributed by atoms with van der Waals surface area (Å²) in [4.78, 5) is 0. The highest BCUT2D eigenvalue weighted by Crippen LogP contribution is 2.31. The maximum absolute atomic E-state index is 13.7. The monoisotopic (exact) mass is 358 g/mol. The molecule has 1 N–H and O–H groups in total. The molecule has 0 amide bonds. The summed E-state index contributed by atoms with van der Waals surface area (Å²) in [6.45, 7) is 0. The van der Waals surface area contributed by atoms with Gasteiger partial charge in [-0.25, -0.2) is 4.39 Å². The molecule has 2 aromatic carbocycles. The minimum atomic E-state index is -0.869. The predicted molar refractivity (Wildman–Crippen MR) is 80.8 cm³/mol. The van der Waals surface area contributed by atoms with Crippen molar-refractivity contribution < 1.29 is 14.2 Å². The van der Waals surface area contributed by atoms with E-state index >= 15 is 0 Å². The number of ether oxygens (including phenoxy) is 1. The van der Waals surface area contributed by atoms with Crippen molar-refractivity contribution in [1.29, 1.82) is 0 Å². The van der Waals surface area contributed by atoms with E-state index in [1.165, 1.54) is 25.3 Å². The van der Waals surface area contributed by atoms with Crippen molar-refractivity contribution >= 4 is 27.5 Å². The van der Waals surface area contributed by atoms with E-state index in [0.717, 1.165) is 4.47 Å². The van der Waals surface area contributed by atoms with Crippen molar-refractivity contribution in [3.63, 3.8) is 0 Å². The average Bonchev–Trinajstić information content (AvgIpc) is 2.42. The van der Waals surface area contributed by atoms with Gasteiger partial charge in [0.05, 0.1) is 13.2 Å². The van der Waals surface area contributed by atoms with E-state index in [9.17, 15) is 9.50 Å². The van der Waals surface area contributed by atoms with Crippen LogP contribution < -0.4 is 4.74 Å². The number of aliphatic hydroxyl groups is 1. The third-order valence-corrected chi connectivity index (χ3v) is 3.70. The summed E-state index contributed by atoms with van der Waals surface area (Å²) in [5, 5.41) is 10.7. The molecule has 0 aliphatic heterocycles. The minimum absolute atomic E-state index is 0.129. The van der Waals surface area contributed by atoms with Crippen molar-refractivity contribution in [3.8, 4) is 5.75 Å². The third kappa shape index (κ3) is 3.51. The molecule has 0 fully saturated rings. The zero-order chi connectivity index (χ0) is 14.7. The SMILES string of the molecule is COc1cc(Br)ccc1C(O)Cc1cc(Cl)ccc1F. The highest BCUT2D eigenvalue weighted by Gasteiger charge is 2.16. The van der Waals surface area contributed by atoms with Gasteiger partial charge in [0.25, 0.3) is 0 Å². The summed E-state index contributed by atoms with van der Waals surface area (Å²) in [5.41, 5.74) is 0.977. The molecule has 5 heteroatoms. The Hall–Kier alpha value is -1.10. The van der Waals surface area contributed by atoms with Gasteiger partial charge in [-0.05, 0) is 35.9 Å². The second kappa shape index (κ2) is 6.57. The van der Waals surface area contributed by atoms with Crippen LogP contribution in [0, 0.1) is 5.82 Å². The van der Waals surface area contributed by atoms with Crippen molar-refractivity contribution in [2.24, 2.45) is 0 Å². The predicted octanol–water partition coefficient (Wildman–Crippen LogP) is 4.53. The molecule has 1 unspecified atom stereocenters. The summed E-state index contributed by atoms with van der Waals surface area (Å²) in [7, 11) is 1.53. The van der Waals surface area contributed by atoms with Gasteiger partial charge in [0.15, 0.2) is 0 Å². The van der Waals surface area contributed by atoms with Crippen LogP contribution >= 0.6 is 27.5 Å². The van der Waals surface area contributed by atoms with E-state index in [4.69, 9.17) is 16.3 Å². The lowest BCUT2D eigenvalue weighted by Gasteiger charge is -2.15. The zero-order valence-electron chi connectivity index (χ0n) is 10.7. The van der Waals surface area contributed by atoms with E-state index in [-0.39, 0.29) is 12.2 Å². The summed E-state index contributed by atoms with van der Waals surface area (Å²) < 4.78 is 19.8. The first-order valence-corrected chi connectivity index (χ1v) is 7.14. The lowest BCUT2D eigenvalue weighted by molar-refractivity contribution is 0.172. The fraction of sp³-hybridized carbons (Fsp3) is 0.200. The molecule has 0 spiro atoms. The molecule has 0 saturated heterocycles. The molecule has 0 heterocycles. The molecule has 1 atom stereocenters. The lowest BCUT2D eigenvalue weighted by Crippen LogP contribution is -2.05. The number of hydrogen-bond acceptors (Lipinski definition) is 2. The summed E-state index contributed by atoms with van der Waals surface area (Å²) in [5.74, 6) is 0.166.